The minimum Gasteiger partial charge on any atom is -0.491 e. The zero-order valence-electron chi connectivity index (χ0n) is 41.3. The van der Waals surface area contributed by atoms with Crippen molar-refractivity contribution in [3.63, 3.8) is 0 Å². The maximum absolute atomic E-state index is 13.9. The lowest BCUT2D eigenvalue weighted by atomic mass is 9.84. The number of aliphatic hydroxyl groups excluding tert-OH is 2. The second-order valence-corrected chi connectivity index (χ2v) is 21.7. The number of carbonyl (C=O) groups excluding carboxylic acids is 5. The molecule has 0 aliphatic carbocycles. The highest BCUT2D eigenvalue weighted by atomic mass is 35.5. The highest BCUT2D eigenvalue weighted by Crippen LogP contribution is 2.39. The molecule has 3 aliphatic rings. The van der Waals surface area contributed by atoms with Crippen LogP contribution in [-0.4, -0.2) is 105 Å². The average molecular weight is 1010 g/mol. The third kappa shape index (κ3) is 13.4. The van der Waals surface area contributed by atoms with Crippen molar-refractivity contribution in [2.75, 3.05) is 18.1 Å². The molecule has 0 radical (unpaired) electrons. The molecule has 0 spiro atoms. The van der Waals surface area contributed by atoms with Crippen LogP contribution in [0.1, 0.15) is 113 Å². The lowest BCUT2D eigenvalue weighted by Gasteiger charge is -2.40. The van der Waals surface area contributed by atoms with Gasteiger partial charge >= 0.3 is 0 Å². The molecule has 1 fully saturated rings. The van der Waals surface area contributed by atoms with E-state index in [4.69, 9.17) is 27.8 Å². The van der Waals surface area contributed by atoms with E-state index in [1.165, 1.54) is 0 Å². The Hall–Kier alpha value is -5.43. The first-order valence-corrected chi connectivity index (χ1v) is 26.0. The largest absolute Gasteiger partial charge is 0.491 e. The first-order valence-electron chi connectivity index (χ1n) is 24.7. The van der Waals surface area contributed by atoms with Crippen LogP contribution in [0.2, 0.25) is 5.02 Å². The number of nitrogens with zero attached hydrogens (tertiary/aromatic N) is 3. The van der Waals surface area contributed by atoms with Crippen molar-refractivity contribution in [3.05, 3.63) is 99.1 Å². The topological polar surface area (TPSA) is 243 Å². The number of thiazole rings is 1. The molecule has 4 aromatic rings. The van der Waals surface area contributed by atoms with E-state index in [1.807, 2.05) is 94.7 Å². The summed E-state index contributed by atoms with van der Waals surface area (Å²) in [7, 11) is 0. The molecule has 1 aromatic heterocycles. The fraction of sp³-hybridized carbons (Fsp3) is 0.509. The number of likely N-dealkylation sites (tertiary alicyclic amines) is 1. The van der Waals surface area contributed by atoms with Gasteiger partial charge in [0.05, 0.1) is 58.1 Å². The van der Waals surface area contributed by atoms with E-state index in [2.05, 4.69) is 20.9 Å². The van der Waals surface area contributed by atoms with Gasteiger partial charge in [0.25, 0.3) is 0 Å². The number of aliphatic hydroxyl groups is 2. The third-order valence-corrected chi connectivity index (χ3v) is 15.1. The monoisotopic (exact) mass is 1010 g/mol. The van der Waals surface area contributed by atoms with Crippen LogP contribution in [0.15, 0.2) is 66.2 Å². The molecule has 1 saturated heterocycles. The van der Waals surface area contributed by atoms with Crippen molar-refractivity contribution in [2.24, 2.45) is 16.9 Å². The number of anilines is 1. The van der Waals surface area contributed by atoms with E-state index >= 15 is 0 Å². The Morgan fingerprint density at radius 1 is 0.972 bits per heavy atom. The first-order chi connectivity index (χ1) is 33.8. The summed E-state index contributed by atoms with van der Waals surface area (Å²) in [6, 6.07) is 15.2. The predicted molar refractivity (Wildman–Crippen MR) is 275 cm³/mol. The number of unbranched alkanes of at least 4 members (excludes halogenated alkanes) is 2. The van der Waals surface area contributed by atoms with Gasteiger partial charge in [0.2, 0.25) is 29.5 Å². The van der Waals surface area contributed by atoms with Crippen molar-refractivity contribution in [1.29, 1.82) is 0 Å². The Morgan fingerprint density at radius 3 is 2.41 bits per heavy atom. The van der Waals surface area contributed by atoms with Gasteiger partial charge in [-0.25, -0.2) is 4.98 Å². The number of aryl methyl sites for hydroxylation is 3. The van der Waals surface area contributed by atoms with Crippen molar-refractivity contribution in [2.45, 2.75) is 154 Å². The number of ether oxygens (including phenoxy) is 1. The van der Waals surface area contributed by atoms with Gasteiger partial charge in [-0.05, 0) is 110 Å². The SMILES string of the molecule is Cc1ncsc1-c1ccc([C@H](C)NC(=O)[C@@H]2C[C@@H](O)CN2C(O)[C@@H](NC(=O)CCCCCc2cc(Cl)cc(OC[C@H](CCC(N)=O)NC(=O)[C@@H]3Cc4cccc5c4N3C(=O)[C@@H](N)CC5)c2)C(C)(C)C)cc1. The van der Waals surface area contributed by atoms with Gasteiger partial charge in [-0.15, -0.1) is 11.3 Å². The van der Waals surface area contributed by atoms with Crippen LogP contribution in [0.25, 0.3) is 10.4 Å². The van der Waals surface area contributed by atoms with Crippen LogP contribution >= 0.6 is 22.9 Å². The number of nitrogens with two attached hydrogens (primary N) is 2. The van der Waals surface area contributed by atoms with Gasteiger partial charge in [0, 0.05) is 30.8 Å². The summed E-state index contributed by atoms with van der Waals surface area (Å²) in [6.45, 7) is 9.73. The van der Waals surface area contributed by atoms with E-state index in [-0.39, 0.29) is 68.5 Å². The number of benzene rings is 3. The summed E-state index contributed by atoms with van der Waals surface area (Å²) in [5.74, 6) is -1.23. The summed E-state index contributed by atoms with van der Waals surface area (Å²) in [5.41, 5.74) is 19.5. The molecule has 9 N–H and O–H groups in total. The van der Waals surface area contributed by atoms with Crippen LogP contribution in [0.5, 0.6) is 5.75 Å². The van der Waals surface area contributed by atoms with Gasteiger partial charge in [-0.1, -0.05) is 81.3 Å². The summed E-state index contributed by atoms with van der Waals surface area (Å²) in [4.78, 5) is 75.0. The number of para-hydroxylation sites is 1. The van der Waals surface area contributed by atoms with E-state index in [1.54, 1.807) is 27.2 Å². The van der Waals surface area contributed by atoms with Crippen LogP contribution in [0, 0.1) is 12.3 Å². The zero-order valence-corrected chi connectivity index (χ0v) is 42.9. The second kappa shape index (κ2) is 23.4. The fourth-order valence-corrected chi connectivity index (χ4v) is 11.0. The molecule has 1 unspecified atom stereocenters. The molecule has 382 valence electrons. The molecule has 71 heavy (non-hydrogen) atoms. The van der Waals surface area contributed by atoms with Gasteiger partial charge in [0.15, 0.2) is 0 Å². The van der Waals surface area contributed by atoms with Gasteiger partial charge in [-0.3, -0.25) is 33.8 Å². The Balaban J connectivity index is 0.885. The highest BCUT2D eigenvalue weighted by Gasteiger charge is 2.46. The second-order valence-electron chi connectivity index (χ2n) is 20.4. The molecule has 3 aliphatic heterocycles. The molecular formula is C53H69ClN8O8S. The lowest BCUT2D eigenvalue weighted by molar-refractivity contribution is -0.135. The number of halogens is 1. The molecule has 18 heteroatoms. The van der Waals surface area contributed by atoms with Crippen molar-refractivity contribution in [1.82, 2.24) is 25.8 Å². The Bertz CT molecular complexity index is 2550. The predicted octanol–water partition coefficient (Wildman–Crippen LogP) is 5.40. The highest BCUT2D eigenvalue weighted by molar-refractivity contribution is 7.13. The number of primary amides is 1. The normalized spacial score (nSPS) is 20.6. The average Bonchev–Trinajstić information content (AvgIpc) is 4.04. The maximum Gasteiger partial charge on any atom is 0.244 e. The standard InChI is InChI=1S/C53H69ClN8O8S/c1-30(33-14-16-35(17-15-33)47-31(2)57-29-71-47)58-49(66)42-26-39(63)27-61(42)52(69)48(53(3,4)5)60-45(65)13-8-6-7-10-32-22-37(54)25-40(23-32)70-28-38(19-21-44(56)64)59-50(67)43-24-36-12-9-11-34-18-20-41(55)51(68)62(43)46(34)36/h9,11-12,14-17,22-23,25,29-30,38-39,41-43,48,52,63,69H,6-8,10,13,18-21,24,26-28,55H2,1-5H3,(H2,56,64)(H,58,66)(H,59,67)(H,60,65)/t30-,38-,39+,41-,42-,43-,48+,52?/m0/s1. The van der Waals surface area contributed by atoms with Crippen molar-refractivity contribution in [3.8, 4) is 16.2 Å². The van der Waals surface area contributed by atoms with Crippen molar-refractivity contribution < 1.29 is 38.9 Å². The zero-order chi connectivity index (χ0) is 51.1. The Kier molecular flexibility index (Phi) is 17.6. The number of hydrogen-bond donors (Lipinski definition) is 7. The summed E-state index contributed by atoms with van der Waals surface area (Å²) >= 11 is 8.12. The number of nitrogens with one attached hydrogen (secondary N) is 3. The van der Waals surface area contributed by atoms with Crippen LogP contribution in [0.4, 0.5) is 5.69 Å². The van der Waals surface area contributed by atoms with E-state index in [9.17, 15) is 34.2 Å². The number of aromatic nitrogens is 1. The fourth-order valence-electron chi connectivity index (χ4n) is 9.97. The van der Waals surface area contributed by atoms with Gasteiger partial charge in [-0.2, -0.15) is 0 Å². The van der Waals surface area contributed by atoms with Gasteiger partial charge in [0.1, 0.15) is 24.6 Å². The van der Waals surface area contributed by atoms with E-state index < -0.39 is 53.9 Å². The van der Waals surface area contributed by atoms with Crippen LogP contribution in [-0.2, 0) is 43.2 Å². The molecule has 16 nitrogen and oxygen atoms in total. The smallest absolute Gasteiger partial charge is 0.244 e. The first kappa shape index (κ1) is 53.4. The molecule has 0 bridgehead atoms. The van der Waals surface area contributed by atoms with E-state index in [0.717, 1.165) is 56.9 Å². The summed E-state index contributed by atoms with van der Waals surface area (Å²) in [6.07, 6.45) is 2.73. The molecular weight excluding hydrogens is 944 g/mol. The number of amides is 5. The van der Waals surface area contributed by atoms with Crippen LogP contribution < -0.4 is 37.1 Å². The van der Waals surface area contributed by atoms with Gasteiger partial charge < -0.3 is 42.4 Å². The number of carbonyl (C=O) groups is 5. The molecule has 5 amide bonds. The minimum absolute atomic E-state index is 0.0144. The Labute approximate surface area is 425 Å². The lowest BCUT2D eigenvalue weighted by Crippen LogP contribution is -2.60. The number of hydrogen-bond acceptors (Lipinski definition) is 12. The van der Waals surface area contributed by atoms with Crippen molar-refractivity contribution >= 4 is 58.2 Å². The molecule has 7 rings (SSSR count). The third-order valence-electron chi connectivity index (χ3n) is 13.9. The molecule has 0 saturated carbocycles. The van der Waals surface area contributed by atoms with Crippen LogP contribution in [0.3, 0.4) is 0 Å². The summed E-state index contributed by atoms with van der Waals surface area (Å²) in [5, 5.41) is 32.2. The molecule has 8 atom stereocenters. The number of rotatable bonds is 21. The molecule has 4 heterocycles. The van der Waals surface area contributed by atoms with E-state index in [0.29, 0.717) is 42.9 Å². The quantitative estimate of drug-likeness (QED) is 0.0522. The number of β-amino-alcohol motifs (C(OH)–C–C–N with tert-alkyl or cyclic N) is 1. The Morgan fingerprint density at radius 2 is 1.70 bits per heavy atom. The summed E-state index contributed by atoms with van der Waals surface area (Å²) < 4.78 is 6.18. The minimum atomic E-state index is -1.24. The molecule has 3 aromatic carbocycles. The maximum atomic E-state index is 13.9.